The van der Waals surface area contributed by atoms with E-state index in [4.69, 9.17) is 24.7 Å². The van der Waals surface area contributed by atoms with Crippen LogP contribution in [-0.4, -0.2) is 51.9 Å². The predicted octanol–water partition coefficient (Wildman–Crippen LogP) is 3.42. The Kier molecular flexibility index (Phi) is 8.12. The van der Waals surface area contributed by atoms with E-state index in [0.29, 0.717) is 5.56 Å². The first kappa shape index (κ1) is 28.2. The minimum absolute atomic E-state index is 0.0300. The number of ether oxygens (including phenoxy) is 4. The normalized spacial score (nSPS) is 21.3. The lowest BCUT2D eigenvalue weighted by Gasteiger charge is -2.34. The van der Waals surface area contributed by atoms with Gasteiger partial charge in [0, 0.05) is 6.20 Å². The van der Waals surface area contributed by atoms with Crippen LogP contribution in [0.15, 0.2) is 108 Å². The van der Waals surface area contributed by atoms with Crippen LogP contribution in [0, 0.1) is 0 Å². The summed E-state index contributed by atoms with van der Waals surface area (Å²) < 4.78 is 24.7. The molecule has 0 radical (unpaired) electrons. The van der Waals surface area contributed by atoms with Gasteiger partial charge in [-0.25, -0.2) is 19.2 Å². The van der Waals surface area contributed by atoms with Crippen molar-refractivity contribution in [2.75, 3.05) is 12.3 Å². The van der Waals surface area contributed by atoms with Crippen molar-refractivity contribution in [3.8, 4) is 0 Å². The Morgan fingerprint density at radius 2 is 1.36 bits per heavy atom. The molecule has 1 aromatic heterocycles. The van der Waals surface area contributed by atoms with Crippen LogP contribution in [0.25, 0.3) is 0 Å². The summed E-state index contributed by atoms with van der Waals surface area (Å²) in [5.74, 6) is -2.18. The van der Waals surface area contributed by atoms with Crippen molar-refractivity contribution in [3.63, 3.8) is 0 Å². The number of nitrogen functional groups attached to an aromatic ring is 1. The average Bonchev–Trinajstić information content (AvgIpc) is 3.27. The van der Waals surface area contributed by atoms with Crippen molar-refractivity contribution in [1.82, 2.24) is 9.55 Å². The Balaban J connectivity index is 1.54. The second-order valence-electron chi connectivity index (χ2n) is 9.66. The summed E-state index contributed by atoms with van der Waals surface area (Å²) in [6.07, 6.45) is -2.51. The van der Waals surface area contributed by atoms with Gasteiger partial charge in [0.25, 0.3) is 0 Å². The molecule has 5 rings (SSSR count). The molecule has 1 saturated heterocycles. The van der Waals surface area contributed by atoms with Gasteiger partial charge in [-0.2, -0.15) is 4.98 Å². The van der Waals surface area contributed by atoms with Gasteiger partial charge in [-0.15, -0.1) is 0 Å². The van der Waals surface area contributed by atoms with Crippen LogP contribution in [0.4, 0.5) is 5.82 Å². The lowest BCUT2D eigenvalue weighted by atomic mass is 9.95. The van der Waals surface area contributed by atoms with E-state index in [-0.39, 0.29) is 16.9 Å². The van der Waals surface area contributed by atoms with Crippen LogP contribution in [-0.2, 0) is 18.9 Å². The summed E-state index contributed by atoms with van der Waals surface area (Å²) in [5.41, 5.74) is 3.83. The first-order valence-corrected chi connectivity index (χ1v) is 13.0. The summed E-state index contributed by atoms with van der Waals surface area (Å²) >= 11 is 0. The number of esters is 3. The van der Waals surface area contributed by atoms with Gasteiger partial charge in [-0.1, -0.05) is 54.6 Å². The van der Waals surface area contributed by atoms with E-state index in [1.54, 1.807) is 91.0 Å². The second kappa shape index (κ2) is 12.1. The highest BCUT2D eigenvalue weighted by Gasteiger charge is 2.60. The highest BCUT2D eigenvalue weighted by atomic mass is 16.7. The number of carbonyl (C=O) groups is 3. The number of benzene rings is 3. The molecule has 0 aliphatic carbocycles. The molecule has 0 saturated carbocycles. The SMILES string of the molecule is CC1(OC(=O)c2ccccc2)C(OC(=O)c2ccccc2)[C@@H](COC(=O)c2ccccc2)O[C@H]1n1ccc(N)nc1=O. The number of nitrogens with zero attached hydrogens (tertiary/aromatic N) is 2. The number of carbonyl (C=O) groups excluding carboxylic acids is 3. The number of nitrogens with two attached hydrogens (primary N) is 1. The number of aromatic nitrogens is 2. The molecule has 42 heavy (non-hydrogen) atoms. The van der Waals surface area contributed by atoms with E-state index in [1.807, 2.05) is 0 Å². The molecule has 0 amide bonds. The van der Waals surface area contributed by atoms with E-state index in [2.05, 4.69) is 4.98 Å². The Morgan fingerprint density at radius 3 is 1.90 bits per heavy atom. The lowest BCUT2D eigenvalue weighted by molar-refractivity contribution is -0.111. The van der Waals surface area contributed by atoms with E-state index in [0.717, 1.165) is 4.57 Å². The van der Waals surface area contributed by atoms with Gasteiger partial charge >= 0.3 is 23.6 Å². The van der Waals surface area contributed by atoms with E-state index in [9.17, 15) is 19.2 Å². The zero-order valence-corrected chi connectivity index (χ0v) is 22.5. The smallest absolute Gasteiger partial charge is 0.351 e. The third kappa shape index (κ3) is 5.91. The molecule has 2 unspecified atom stereocenters. The summed E-state index contributed by atoms with van der Waals surface area (Å²) in [6.45, 7) is 1.08. The molecule has 1 aliphatic rings. The van der Waals surface area contributed by atoms with E-state index >= 15 is 0 Å². The van der Waals surface area contributed by atoms with Crippen LogP contribution in [0.1, 0.15) is 44.2 Å². The van der Waals surface area contributed by atoms with Crippen LogP contribution < -0.4 is 11.4 Å². The highest BCUT2D eigenvalue weighted by Crippen LogP contribution is 2.43. The van der Waals surface area contributed by atoms with Gasteiger partial charge in [-0.3, -0.25) is 4.57 Å². The Morgan fingerprint density at radius 1 is 0.833 bits per heavy atom. The summed E-state index contributed by atoms with van der Waals surface area (Å²) in [4.78, 5) is 56.1. The number of rotatable bonds is 8. The van der Waals surface area contributed by atoms with E-state index in [1.165, 1.54) is 19.2 Å². The van der Waals surface area contributed by atoms with Crippen molar-refractivity contribution in [2.24, 2.45) is 0 Å². The first-order valence-electron chi connectivity index (χ1n) is 13.0. The van der Waals surface area contributed by atoms with Crippen molar-refractivity contribution in [2.45, 2.75) is 31.0 Å². The molecule has 11 heteroatoms. The summed E-state index contributed by atoms with van der Waals surface area (Å²) in [7, 11) is 0. The fraction of sp³-hybridized carbons (Fsp3) is 0.194. The number of hydrogen-bond donors (Lipinski definition) is 1. The molecular formula is C31H27N3O8. The van der Waals surface area contributed by atoms with Crippen molar-refractivity contribution >= 4 is 23.7 Å². The van der Waals surface area contributed by atoms with Crippen molar-refractivity contribution < 1.29 is 33.3 Å². The molecule has 0 bridgehead atoms. The third-order valence-electron chi connectivity index (χ3n) is 6.75. The van der Waals surface area contributed by atoms with E-state index < -0.39 is 54.2 Å². The Bertz CT molecular complexity index is 1630. The first-order chi connectivity index (χ1) is 20.3. The van der Waals surface area contributed by atoms with Crippen LogP contribution in [0.3, 0.4) is 0 Å². The molecule has 2 N–H and O–H groups in total. The number of hydrogen-bond acceptors (Lipinski definition) is 10. The Labute approximate surface area is 240 Å². The quantitative estimate of drug-likeness (QED) is 0.247. The van der Waals surface area contributed by atoms with Gasteiger partial charge in [0.1, 0.15) is 18.5 Å². The molecule has 0 spiro atoms. The molecule has 3 aromatic carbocycles. The zero-order valence-electron chi connectivity index (χ0n) is 22.5. The third-order valence-corrected chi connectivity index (χ3v) is 6.75. The highest BCUT2D eigenvalue weighted by molar-refractivity contribution is 5.91. The van der Waals surface area contributed by atoms with Crippen LogP contribution >= 0.6 is 0 Å². The molecule has 1 aliphatic heterocycles. The van der Waals surface area contributed by atoms with Crippen molar-refractivity contribution in [3.05, 3.63) is 130 Å². The minimum Gasteiger partial charge on any atom is -0.459 e. The lowest BCUT2D eigenvalue weighted by Crippen LogP contribution is -2.51. The molecule has 2 heterocycles. The van der Waals surface area contributed by atoms with Gasteiger partial charge in [-0.05, 0) is 49.4 Å². The second-order valence-corrected chi connectivity index (χ2v) is 9.66. The summed E-state index contributed by atoms with van der Waals surface area (Å²) in [6, 6.07) is 26.0. The Hall–Kier alpha value is -5.29. The molecule has 1 fully saturated rings. The summed E-state index contributed by atoms with van der Waals surface area (Å²) in [5, 5.41) is 0. The molecule has 11 nitrogen and oxygen atoms in total. The fourth-order valence-electron chi connectivity index (χ4n) is 4.66. The fourth-order valence-corrected chi connectivity index (χ4v) is 4.66. The van der Waals surface area contributed by atoms with Crippen LogP contribution in [0.5, 0.6) is 0 Å². The van der Waals surface area contributed by atoms with Gasteiger partial charge in [0.15, 0.2) is 17.9 Å². The largest absolute Gasteiger partial charge is 0.459 e. The van der Waals surface area contributed by atoms with Crippen molar-refractivity contribution in [1.29, 1.82) is 0 Å². The van der Waals surface area contributed by atoms with Crippen LogP contribution in [0.2, 0.25) is 0 Å². The maximum Gasteiger partial charge on any atom is 0.351 e. The minimum atomic E-state index is -1.80. The molecule has 214 valence electrons. The molecule has 4 atom stereocenters. The zero-order chi connectivity index (χ0) is 29.7. The topological polar surface area (TPSA) is 149 Å². The standard InChI is InChI=1S/C31H27N3O8/c1-31(42-28(37)22-15-9-4-10-16-22)25(41-27(36)21-13-7-3-8-14-21)23(19-39-26(35)20-11-5-2-6-12-20)40-29(31)34-18-17-24(32)33-30(34)38/h2-18,23,25,29H,19H2,1H3,(H2,32,33,38)/t23-,25?,29-,31?/m1/s1. The maximum absolute atomic E-state index is 13.4. The monoisotopic (exact) mass is 569 g/mol. The van der Waals surface area contributed by atoms with Gasteiger partial charge in [0.2, 0.25) is 0 Å². The van der Waals surface area contributed by atoms with Gasteiger partial charge in [0.05, 0.1) is 16.7 Å². The maximum atomic E-state index is 13.4. The number of anilines is 1. The van der Waals surface area contributed by atoms with Gasteiger partial charge < -0.3 is 24.7 Å². The average molecular weight is 570 g/mol. The molecule has 4 aromatic rings. The predicted molar refractivity (Wildman–Crippen MR) is 149 cm³/mol. The molecular weight excluding hydrogens is 542 g/mol.